The van der Waals surface area contributed by atoms with E-state index < -0.39 is 11.9 Å². The van der Waals surface area contributed by atoms with E-state index >= 15 is 0 Å². The molecule has 0 fully saturated rings. The van der Waals surface area contributed by atoms with Crippen LogP contribution in [0.5, 0.6) is 0 Å². The molecular formula is C38H43N3O4. The summed E-state index contributed by atoms with van der Waals surface area (Å²) in [4.78, 5) is 35.6. The van der Waals surface area contributed by atoms with Crippen LogP contribution in [-0.2, 0) is 22.4 Å². The van der Waals surface area contributed by atoms with Crippen molar-refractivity contribution in [2.45, 2.75) is 73.6 Å². The number of fused-ring (bicyclic) bond motifs is 7. The lowest BCUT2D eigenvalue weighted by Crippen LogP contribution is -2.15. The standard InChI is InChI=1S/C38H43N3O4/c1-8-11-26-21(5)32-18-33-23(7)28(13-15-38(44)45)36(41-33)19-35-27(12-14-37(42)43)22(6)31(39-35)17-30-24(9-2)20(4)29(25(30)10-3)16-34(26)40-32/h8-9,11,16-19,25,29,39,41H,2,10,12-15H2,1,3-7H3,(H,42,43)(H,44,45)/b11-8-,30-17-,33-18?,34-16-,36-19?. The minimum Gasteiger partial charge on any atom is -0.481 e. The van der Waals surface area contributed by atoms with Gasteiger partial charge in [0.05, 0.1) is 11.4 Å². The molecule has 0 spiro atoms. The molecule has 3 aliphatic rings. The second-order valence-corrected chi connectivity index (χ2v) is 12.2. The van der Waals surface area contributed by atoms with E-state index in [0.717, 1.165) is 78.9 Å². The van der Waals surface area contributed by atoms with Gasteiger partial charge in [0.2, 0.25) is 0 Å². The summed E-state index contributed by atoms with van der Waals surface area (Å²) in [5, 5.41) is 20.8. The zero-order valence-electron chi connectivity index (χ0n) is 27.1. The number of nitrogens with one attached hydrogen (secondary N) is 2. The van der Waals surface area contributed by atoms with Gasteiger partial charge in [-0.15, -0.1) is 0 Å². The van der Waals surface area contributed by atoms with Gasteiger partial charge in [-0.3, -0.25) is 9.59 Å². The third-order valence-corrected chi connectivity index (χ3v) is 9.64. The SMILES string of the molecule is C=CC1=C(C)C2/C=C3\N=C(C=c4[nH]c(c(CCC(=O)O)c4C)=Cc4[nH]c(c(C)c4CCC(=O)O)/C=C/1C2CC)C(C)=C3/C=C\C. The van der Waals surface area contributed by atoms with Crippen LogP contribution in [-0.4, -0.2) is 37.8 Å². The highest BCUT2D eigenvalue weighted by Gasteiger charge is 2.35. The van der Waals surface area contributed by atoms with Gasteiger partial charge in [0.25, 0.3) is 0 Å². The van der Waals surface area contributed by atoms with Crippen LogP contribution in [0.2, 0.25) is 0 Å². The number of H-pyrrole nitrogens is 2. The van der Waals surface area contributed by atoms with Crippen molar-refractivity contribution in [3.63, 3.8) is 0 Å². The van der Waals surface area contributed by atoms with Crippen molar-refractivity contribution in [2.24, 2.45) is 16.8 Å². The lowest BCUT2D eigenvalue weighted by Gasteiger charge is -2.19. The number of aliphatic imine (C=N–C) groups is 1. The predicted molar refractivity (Wildman–Crippen MR) is 181 cm³/mol. The second kappa shape index (κ2) is 12.8. The van der Waals surface area contributed by atoms with Crippen molar-refractivity contribution in [2.75, 3.05) is 0 Å². The van der Waals surface area contributed by atoms with E-state index in [9.17, 15) is 19.8 Å². The summed E-state index contributed by atoms with van der Waals surface area (Å²) in [5.74, 6) is -1.35. The molecule has 1 aliphatic carbocycles. The second-order valence-electron chi connectivity index (χ2n) is 12.2. The molecule has 8 bridgehead atoms. The Bertz CT molecular complexity index is 1920. The Hall–Kier alpha value is -4.65. The number of rotatable bonds is 9. The van der Waals surface area contributed by atoms with E-state index in [-0.39, 0.29) is 24.7 Å². The molecule has 2 unspecified atom stereocenters. The van der Waals surface area contributed by atoms with Crippen molar-refractivity contribution in [3.05, 3.63) is 109 Å². The zero-order valence-corrected chi connectivity index (χ0v) is 27.1. The normalized spacial score (nSPS) is 21.7. The molecule has 4 heterocycles. The Kier molecular flexibility index (Phi) is 9.01. The highest BCUT2D eigenvalue weighted by Crippen LogP contribution is 2.47. The number of aromatic amines is 2. The van der Waals surface area contributed by atoms with Gasteiger partial charge in [0, 0.05) is 46.4 Å². The summed E-state index contributed by atoms with van der Waals surface area (Å²) in [5.41, 5.74) is 13.2. The van der Waals surface area contributed by atoms with Crippen LogP contribution < -0.4 is 10.7 Å². The van der Waals surface area contributed by atoms with E-state index in [4.69, 9.17) is 4.99 Å². The first-order chi connectivity index (χ1) is 21.5. The average Bonchev–Trinajstić information content (AvgIpc) is 3.63. The molecule has 45 heavy (non-hydrogen) atoms. The number of hydrogen-bond acceptors (Lipinski definition) is 3. The maximum atomic E-state index is 11.7. The Balaban J connectivity index is 1.89. The highest BCUT2D eigenvalue weighted by atomic mass is 16.4. The number of carbonyl (C=O) groups is 2. The molecule has 0 saturated carbocycles. The largest absolute Gasteiger partial charge is 0.481 e. The Labute approximate surface area is 264 Å². The summed E-state index contributed by atoms with van der Waals surface area (Å²) in [6.45, 7) is 16.8. The van der Waals surface area contributed by atoms with E-state index in [0.29, 0.717) is 12.8 Å². The van der Waals surface area contributed by atoms with Gasteiger partial charge in [0.15, 0.2) is 0 Å². The molecule has 2 atom stereocenters. The van der Waals surface area contributed by atoms with Crippen LogP contribution in [0.25, 0.3) is 18.2 Å². The minimum atomic E-state index is -0.858. The smallest absolute Gasteiger partial charge is 0.303 e. The van der Waals surface area contributed by atoms with Crippen LogP contribution >= 0.6 is 0 Å². The average molecular weight is 606 g/mol. The topological polar surface area (TPSA) is 119 Å². The van der Waals surface area contributed by atoms with Gasteiger partial charge in [-0.2, -0.15) is 0 Å². The number of aromatic nitrogens is 2. The van der Waals surface area contributed by atoms with Crippen molar-refractivity contribution >= 4 is 35.9 Å². The molecule has 234 valence electrons. The molecule has 0 radical (unpaired) electrons. The lowest BCUT2D eigenvalue weighted by molar-refractivity contribution is -0.138. The van der Waals surface area contributed by atoms with Gasteiger partial charge < -0.3 is 20.2 Å². The molecule has 2 aliphatic heterocycles. The maximum Gasteiger partial charge on any atom is 0.303 e. The molecule has 0 aromatic carbocycles. The lowest BCUT2D eigenvalue weighted by atomic mass is 9.85. The summed E-state index contributed by atoms with van der Waals surface area (Å²) in [6.07, 6.45) is 16.4. The number of carboxylic acid groups (broad SMARTS) is 2. The first-order valence-electron chi connectivity index (χ1n) is 15.7. The van der Waals surface area contributed by atoms with Crippen LogP contribution in [0.1, 0.15) is 80.6 Å². The number of aliphatic carboxylic acids is 2. The molecule has 4 N–H and O–H groups in total. The van der Waals surface area contributed by atoms with Crippen molar-refractivity contribution in [1.29, 1.82) is 0 Å². The maximum absolute atomic E-state index is 11.7. The summed E-state index contributed by atoms with van der Waals surface area (Å²) in [7, 11) is 0. The fraction of sp³-hybridized carbons (Fsp3) is 0.342. The first kappa shape index (κ1) is 31.8. The zero-order chi connectivity index (χ0) is 32.6. The highest BCUT2D eigenvalue weighted by molar-refractivity contribution is 6.23. The Morgan fingerprint density at radius 2 is 1.60 bits per heavy atom. The van der Waals surface area contributed by atoms with E-state index in [1.54, 1.807) is 0 Å². The number of carboxylic acids is 2. The molecule has 0 amide bonds. The molecule has 7 nitrogen and oxygen atoms in total. The van der Waals surface area contributed by atoms with Crippen LogP contribution in [0.15, 0.2) is 69.4 Å². The molecular weight excluding hydrogens is 562 g/mol. The Morgan fingerprint density at radius 1 is 0.911 bits per heavy atom. The van der Waals surface area contributed by atoms with Crippen molar-refractivity contribution in [3.8, 4) is 0 Å². The minimum absolute atomic E-state index is 0.0000370. The number of nitrogens with zero attached hydrogens (tertiary/aromatic N) is 1. The van der Waals surface area contributed by atoms with Gasteiger partial charge in [-0.1, -0.05) is 43.4 Å². The third kappa shape index (κ3) is 5.91. The fourth-order valence-electron chi connectivity index (χ4n) is 7.14. The van der Waals surface area contributed by atoms with Gasteiger partial charge in [0.1, 0.15) is 0 Å². The number of hydrogen-bond donors (Lipinski definition) is 4. The van der Waals surface area contributed by atoms with Crippen LogP contribution in [0, 0.1) is 25.7 Å². The van der Waals surface area contributed by atoms with Crippen molar-refractivity contribution in [1.82, 2.24) is 9.97 Å². The molecule has 7 heteroatoms. The summed E-state index contributed by atoms with van der Waals surface area (Å²) >= 11 is 0. The Morgan fingerprint density at radius 3 is 2.22 bits per heavy atom. The molecule has 2 aromatic rings. The predicted octanol–water partition coefficient (Wildman–Crippen LogP) is 6.39. The quantitative estimate of drug-likeness (QED) is 0.265. The van der Waals surface area contributed by atoms with Gasteiger partial charge >= 0.3 is 11.9 Å². The molecule has 2 aromatic heterocycles. The van der Waals surface area contributed by atoms with Crippen LogP contribution in [0.3, 0.4) is 0 Å². The summed E-state index contributed by atoms with van der Waals surface area (Å²) in [6, 6.07) is 0. The first-order valence-corrected chi connectivity index (χ1v) is 15.7. The monoisotopic (exact) mass is 605 g/mol. The van der Waals surface area contributed by atoms with Gasteiger partial charge in [-0.25, -0.2) is 4.99 Å². The van der Waals surface area contributed by atoms with E-state index in [2.05, 4.69) is 61.6 Å². The molecule has 5 rings (SSSR count). The van der Waals surface area contributed by atoms with Crippen molar-refractivity contribution < 1.29 is 19.8 Å². The van der Waals surface area contributed by atoms with Crippen LogP contribution in [0.4, 0.5) is 0 Å². The molecule has 0 saturated heterocycles. The third-order valence-electron chi connectivity index (χ3n) is 9.64. The number of allylic oxidation sites excluding steroid dienone is 8. The summed E-state index contributed by atoms with van der Waals surface area (Å²) < 4.78 is 0. The fourth-order valence-corrected chi connectivity index (χ4v) is 7.14. The van der Waals surface area contributed by atoms with E-state index in [1.165, 1.54) is 11.1 Å². The van der Waals surface area contributed by atoms with Gasteiger partial charge in [-0.05, 0) is 117 Å². The van der Waals surface area contributed by atoms with E-state index in [1.807, 2.05) is 39.0 Å².